The van der Waals surface area contributed by atoms with Crippen molar-refractivity contribution in [3.8, 4) is 89.8 Å². The third kappa shape index (κ3) is 6.53. The summed E-state index contributed by atoms with van der Waals surface area (Å²) in [5.74, 6) is 1.93. The Labute approximate surface area is 352 Å². The molecule has 0 atom stereocenters. The fourth-order valence-corrected chi connectivity index (χ4v) is 9.74. The topological polar surface area (TPSA) is 38.7 Å². The summed E-state index contributed by atoms with van der Waals surface area (Å²) in [6, 6.07) is 71.9. The first-order chi connectivity index (χ1) is 29.7. The lowest BCUT2D eigenvalue weighted by molar-refractivity contribution is 0.353. The quantitative estimate of drug-likeness (QED) is 0.162. The molecule has 0 saturated heterocycles. The van der Waals surface area contributed by atoms with Gasteiger partial charge in [-0.15, -0.1) is 0 Å². The molecule has 9 aromatic rings. The second-order valence-electron chi connectivity index (χ2n) is 16.3. The maximum Gasteiger partial charge on any atom is 0.164 e. The summed E-state index contributed by atoms with van der Waals surface area (Å²) in [5, 5.41) is 0. The predicted octanol–water partition coefficient (Wildman–Crippen LogP) is 14.8. The molecule has 2 aliphatic carbocycles. The van der Waals surface area contributed by atoms with Crippen LogP contribution in [0.25, 0.3) is 89.8 Å². The maximum absolute atomic E-state index is 5.11. The Morgan fingerprint density at radius 3 is 1.20 bits per heavy atom. The lowest BCUT2D eigenvalue weighted by Gasteiger charge is -2.36. The lowest BCUT2D eigenvalue weighted by atomic mass is 9.67. The molecule has 1 saturated carbocycles. The highest BCUT2D eigenvalue weighted by Crippen LogP contribution is 2.56. The Morgan fingerprint density at radius 2 is 0.650 bits per heavy atom. The Bertz CT molecular complexity index is 3020. The van der Waals surface area contributed by atoms with Gasteiger partial charge >= 0.3 is 0 Å². The van der Waals surface area contributed by atoms with Crippen molar-refractivity contribution < 1.29 is 0 Å². The summed E-state index contributed by atoms with van der Waals surface area (Å²) >= 11 is 0. The van der Waals surface area contributed by atoms with Crippen molar-refractivity contribution in [2.75, 3.05) is 0 Å². The first kappa shape index (κ1) is 35.9. The van der Waals surface area contributed by atoms with Gasteiger partial charge in [0.2, 0.25) is 0 Å². The fraction of sp³-hybridized carbons (Fsp3) is 0.105. The van der Waals surface area contributed by atoms with E-state index in [0.29, 0.717) is 17.5 Å². The summed E-state index contributed by atoms with van der Waals surface area (Å²) < 4.78 is 0. The number of nitrogens with zero attached hydrogens (tertiary/aromatic N) is 3. The van der Waals surface area contributed by atoms with E-state index in [1.165, 1.54) is 76.6 Å². The predicted molar refractivity (Wildman–Crippen MR) is 247 cm³/mol. The molecule has 0 radical (unpaired) electrons. The molecule has 3 heteroatoms. The minimum absolute atomic E-state index is 0.139. The Balaban J connectivity index is 0.935. The van der Waals surface area contributed by atoms with Crippen molar-refractivity contribution in [2.45, 2.75) is 37.5 Å². The molecule has 1 heterocycles. The average Bonchev–Trinajstić information content (AvgIpc) is 3.60. The van der Waals surface area contributed by atoms with Gasteiger partial charge in [0.05, 0.1) is 0 Å². The van der Waals surface area contributed by atoms with Crippen LogP contribution in [-0.2, 0) is 5.41 Å². The van der Waals surface area contributed by atoms with E-state index in [9.17, 15) is 0 Å². The van der Waals surface area contributed by atoms with E-state index >= 15 is 0 Å². The normalized spacial score (nSPS) is 13.8. The van der Waals surface area contributed by atoms with Crippen LogP contribution in [0.15, 0.2) is 200 Å². The molecule has 1 aromatic heterocycles. The zero-order valence-corrected chi connectivity index (χ0v) is 33.4. The van der Waals surface area contributed by atoms with Crippen LogP contribution in [0.1, 0.15) is 43.2 Å². The van der Waals surface area contributed by atoms with Gasteiger partial charge in [-0.2, -0.15) is 0 Å². The highest BCUT2D eigenvalue weighted by Gasteiger charge is 2.43. The summed E-state index contributed by atoms with van der Waals surface area (Å²) in [6.45, 7) is 0. The van der Waals surface area contributed by atoms with E-state index in [-0.39, 0.29) is 5.41 Å². The number of hydrogen-bond acceptors (Lipinski definition) is 3. The van der Waals surface area contributed by atoms with E-state index in [1.54, 1.807) is 0 Å². The molecule has 1 fully saturated rings. The first-order valence-electron chi connectivity index (χ1n) is 21.2. The molecule has 60 heavy (non-hydrogen) atoms. The molecule has 0 unspecified atom stereocenters. The van der Waals surface area contributed by atoms with Gasteiger partial charge in [-0.3, -0.25) is 0 Å². The molecule has 3 nitrogen and oxygen atoms in total. The molecular formula is C57H43N3. The van der Waals surface area contributed by atoms with Crippen LogP contribution in [-0.4, -0.2) is 15.0 Å². The van der Waals surface area contributed by atoms with Crippen molar-refractivity contribution in [3.05, 3.63) is 211 Å². The first-order valence-corrected chi connectivity index (χ1v) is 21.2. The zero-order chi connectivity index (χ0) is 39.9. The molecule has 0 bridgehead atoms. The molecule has 11 rings (SSSR count). The second-order valence-corrected chi connectivity index (χ2v) is 16.3. The Morgan fingerprint density at radius 1 is 0.267 bits per heavy atom. The van der Waals surface area contributed by atoms with Gasteiger partial charge in [-0.25, -0.2) is 15.0 Å². The monoisotopic (exact) mass is 769 g/mol. The van der Waals surface area contributed by atoms with Gasteiger partial charge in [0.15, 0.2) is 17.5 Å². The van der Waals surface area contributed by atoms with Crippen molar-refractivity contribution in [1.82, 2.24) is 15.0 Å². The maximum atomic E-state index is 5.11. The third-order valence-electron chi connectivity index (χ3n) is 12.7. The number of rotatable bonds is 7. The average molecular weight is 770 g/mol. The summed E-state index contributed by atoms with van der Waals surface area (Å²) in [7, 11) is 0. The molecule has 2 aliphatic rings. The molecule has 286 valence electrons. The molecule has 0 aliphatic heterocycles. The third-order valence-corrected chi connectivity index (χ3v) is 12.7. The van der Waals surface area contributed by atoms with Crippen LogP contribution in [0.5, 0.6) is 0 Å². The van der Waals surface area contributed by atoms with Crippen molar-refractivity contribution in [3.63, 3.8) is 0 Å². The highest BCUT2D eigenvalue weighted by atomic mass is 15.0. The van der Waals surface area contributed by atoms with Gasteiger partial charge in [0.25, 0.3) is 0 Å². The van der Waals surface area contributed by atoms with Gasteiger partial charge in [-0.1, -0.05) is 189 Å². The molecular weight excluding hydrogens is 727 g/mol. The largest absolute Gasteiger partial charge is 0.208 e. The van der Waals surface area contributed by atoms with Crippen molar-refractivity contribution >= 4 is 0 Å². The number of aromatic nitrogens is 3. The highest BCUT2D eigenvalue weighted by molar-refractivity contribution is 5.85. The van der Waals surface area contributed by atoms with Crippen LogP contribution < -0.4 is 0 Å². The smallest absolute Gasteiger partial charge is 0.164 e. The zero-order valence-electron chi connectivity index (χ0n) is 33.4. The minimum Gasteiger partial charge on any atom is -0.208 e. The SMILES string of the molecule is c1ccc(-c2cccc(-c3nc(-c4ccccc4)nc(-c4cccc(-c5cccc(-c6cccc(-c7ccc8c(c7)C7(CCCCC7)c7ccccc7-8)c6)c5)c4)n3)c2)cc1. The molecule has 0 amide bonds. The van der Waals surface area contributed by atoms with Crippen LogP contribution in [0, 0.1) is 0 Å². The molecule has 8 aromatic carbocycles. The van der Waals surface area contributed by atoms with E-state index in [4.69, 9.17) is 15.0 Å². The number of benzene rings is 8. The Kier molecular flexibility index (Phi) is 9.08. The van der Waals surface area contributed by atoms with Gasteiger partial charge in [-0.05, 0) is 110 Å². The summed E-state index contributed by atoms with van der Waals surface area (Å²) in [4.78, 5) is 15.2. The van der Waals surface area contributed by atoms with Crippen LogP contribution in [0.2, 0.25) is 0 Å². The summed E-state index contributed by atoms with van der Waals surface area (Å²) in [5.41, 5.74) is 18.3. The van der Waals surface area contributed by atoms with Crippen LogP contribution >= 0.6 is 0 Å². The number of hydrogen-bond donors (Lipinski definition) is 0. The van der Waals surface area contributed by atoms with Crippen LogP contribution in [0.3, 0.4) is 0 Å². The van der Waals surface area contributed by atoms with Crippen molar-refractivity contribution in [2.24, 2.45) is 0 Å². The van der Waals surface area contributed by atoms with E-state index < -0.39 is 0 Å². The standard InChI is InChI=1S/C57H43N3/c1-4-16-39(17-5-1)41-20-14-26-48(36-41)55-58-54(40-18-6-2-7-19-40)59-56(60-55)49-27-15-25-46(37-49)44-23-12-21-42(34-44)43-22-13-24-45(35-43)47-30-31-51-50-28-8-9-29-52(50)57(53(51)38-47)32-10-3-11-33-57/h1-2,4-9,12-31,34-38H,3,10-11,32-33H2. The summed E-state index contributed by atoms with van der Waals surface area (Å²) in [6.07, 6.45) is 6.39. The van der Waals surface area contributed by atoms with Gasteiger partial charge in [0.1, 0.15) is 0 Å². The molecule has 0 N–H and O–H groups in total. The lowest BCUT2D eigenvalue weighted by Crippen LogP contribution is -2.28. The van der Waals surface area contributed by atoms with E-state index in [0.717, 1.165) is 38.9 Å². The fourth-order valence-electron chi connectivity index (χ4n) is 9.74. The van der Waals surface area contributed by atoms with Gasteiger partial charge in [0, 0.05) is 22.1 Å². The second kappa shape index (κ2) is 15.2. The van der Waals surface area contributed by atoms with Crippen LogP contribution in [0.4, 0.5) is 0 Å². The van der Waals surface area contributed by atoms with E-state index in [2.05, 4.69) is 176 Å². The number of fused-ring (bicyclic) bond motifs is 5. The minimum atomic E-state index is 0.139. The molecule has 1 spiro atoms. The van der Waals surface area contributed by atoms with Gasteiger partial charge < -0.3 is 0 Å². The Hall–Kier alpha value is -7.23. The van der Waals surface area contributed by atoms with E-state index in [1.807, 2.05) is 24.3 Å². The van der Waals surface area contributed by atoms with Crippen molar-refractivity contribution in [1.29, 1.82) is 0 Å².